The lowest BCUT2D eigenvalue weighted by molar-refractivity contribution is -0.119. The molecule has 2 aliphatic heterocycles. The average Bonchev–Trinajstić information content (AvgIpc) is 3.13. The van der Waals surface area contributed by atoms with E-state index >= 15 is 0 Å². The van der Waals surface area contributed by atoms with Crippen LogP contribution in [0.5, 0.6) is 11.5 Å². The molecular formula is C19H21ClN2O3. The van der Waals surface area contributed by atoms with Gasteiger partial charge in [0.05, 0.1) is 11.6 Å². The fourth-order valence-corrected chi connectivity index (χ4v) is 3.40. The van der Waals surface area contributed by atoms with Crippen LogP contribution < -0.4 is 20.1 Å². The van der Waals surface area contributed by atoms with Crippen molar-refractivity contribution >= 4 is 24.0 Å². The second-order valence-corrected chi connectivity index (χ2v) is 6.10. The second-order valence-electron chi connectivity index (χ2n) is 6.10. The molecule has 1 saturated heterocycles. The van der Waals surface area contributed by atoms with Gasteiger partial charge in [0, 0.05) is 19.0 Å². The Kier molecular flexibility index (Phi) is 5.46. The summed E-state index contributed by atoms with van der Waals surface area (Å²) in [5.41, 5.74) is 1.87. The largest absolute Gasteiger partial charge is 0.486 e. The Morgan fingerprint density at radius 3 is 2.64 bits per heavy atom. The van der Waals surface area contributed by atoms with Gasteiger partial charge in [-0.1, -0.05) is 36.4 Å². The van der Waals surface area contributed by atoms with Crippen LogP contribution in [-0.4, -0.2) is 32.2 Å². The molecular weight excluding hydrogens is 340 g/mol. The molecule has 0 saturated carbocycles. The highest BCUT2D eigenvalue weighted by Gasteiger charge is 2.34. The van der Waals surface area contributed by atoms with Gasteiger partial charge in [-0.05, 0) is 17.7 Å². The van der Waals surface area contributed by atoms with Crippen LogP contribution in [0.15, 0.2) is 48.5 Å². The Balaban J connectivity index is 0.00000182. The molecule has 2 heterocycles. The van der Waals surface area contributed by atoms with E-state index in [9.17, 15) is 4.79 Å². The van der Waals surface area contributed by atoms with Crippen molar-refractivity contribution in [2.24, 2.45) is 5.92 Å². The molecule has 2 N–H and O–H groups in total. The monoisotopic (exact) mass is 360 g/mol. The van der Waals surface area contributed by atoms with Crippen LogP contribution in [0.3, 0.4) is 0 Å². The van der Waals surface area contributed by atoms with Crippen molar-refractivity contribution in [2.45, 2.75) is 5.92 Å². The van der Waals surface area contributed by atoms with E-state index in [2.05, 4.69) is 22.8 Å². The molecule has 4 rings (SSSR count). The molecule has 2 aliphatic rings. The lowest BCUT2D eigenvalue weighted by Gasteiger charge is -2.23. The molecule has 1 fully saturated rings. The summed E-state index contributed by atoms with van der Waals surface area (Å²) >= 11 is 0. The van der Waals surface area contributed by atoms with E-state index in [1.165, 1.54) is 5.56 Å². The minimum Gasteiger partial charge on any atom is -0.486 e. The fourth-order valence-electron chi connectivity index (χ4n) is 3.40. The molecule has 0 radical (unpaired) electrons. The van der Waals surface area contributed by atoms with E-state index in [1.54, 1.807) is 0 Å². The zero-order valence-electron chi connectivity index (χ0n) is 13.7. The van der Waals surface area contributed by atoms with E-state index in [1.807, 2.05) is 36.4 Å². The third-order valence-electron chi connectivity index (χ3n) is 4.60. The lowest BCUT2D eigenvalue weighted by Crippen LogP contribution is -2.28. The van der Waals surface area contributed by atoms with Crippen LogP contribution in [0.4, 0.5) is 5.69 Å². The third-order valence-corrected chi connectivity index (χ3v) is 4.60. The van der Waals surface area contributed by atoms with E-state index in [0.717, 1.165) is 6.54 Å². The minimum absolute atomic E-state index is 0. The van der Waals surface area contributed by atoms with Crippen molar-refractivity contribution in [3.8, 4) is 11.5 Å². The maximum atomic E-state index is 12.8. The summed E-state index contributed by atoms with van der Waals surface area (Å²) < 4.78 is 11.2. The number of halogens is 1. The van der Waals surface area contributed by atoms with E-state index in [0.29, 0.717) is 36.9 Å². The summed E-state index contributed by atoms with van der Waals surface area (Å²) in [6.45, 7) is 2.52. The van der Waals surface area contributed by atoms with Crippen LogP contribution in [-0.2, 0) is 4.79 Å². The average molecular weight is 361 g/mol. The summed E-state index contributed by atoms with van der Waals surface area (Å²) in [6.07, 6.45) is 0. The normalized spacial score (nSPS) is 21.3. The number of benzene rings is 2. The predicted molar refractivity (Wildman–Crippen MR) is 98.9 cm³/mol. The van der Waals surface area contributed by atoms with E-state index < -0.39 is 0 Å². The van der Waals surface area contributed by atoms with Crippen LogP contribution in [0, 0.1) is 5.92 Å². The van der Waals surface area contributed by atoms with E-state index in [4.69, 9.17) is 9.47 Å². The van der Waals surface area contributed by atoms with Gasteiger partial charge in [0.15, 0.2) is 11.5 Å². The number of ether oxygens (including phenoxy) is 2. The van der Waals surface area contributed by atoms with Crippen molar-refractivity contribution in [3.05, 3.63) is 54.1 Å². The van der Waals surface area contributed by atoms with Gasteiger partial charge < -0.3 is 20.1 Å². The first-order valence-electron chi connectivity index (χ1n) is 8.28. The molecule has 0 spiro atoms. The zero-order valence-corrected chi connectivity index (χ0v) is 14.6. The molecule has 25 heavy (non-hydrogen) atoms. The highest BCUT2D eigenvalue weighted by Crippen LogP contribution is 2.38. The number of nitrogens with one attached hydrogen (secondary N) is 2. The predicted octanol–water partition coefficient (Wildman–Crippen LogP) is 2.82. The maximum absolute atomic E-state index is 12.8. The first kappa shape index (κ1) is 17.6. The van der Waals surface area contributed by atoms with Gasteiger partial charge in [0.25, 0.3) is 0 Å². The fraction of sp³-hybridized carbons (Fsp3) is 0.316. The molecule has 132 valence electrons. The number of rotatable bonds is 3. The van der Waals surface area contributed by atoms with Gasteiger partial charge in [0.1, 0.15) is 13.2 Å². The van der Waals surface area contributed by atoms with Crippen LogP contribution in [0.25, 0.3) is 0 Å². The number of hydrogen-bond acceptors (Lipinski definition) is 4. The number of amides is 1. The molecule has 0 aromatic heterocycles. The third kappa shape index (κ3) is 3.57. The molecule has 0 bridgehead atoms. The standard InChI is InChI=1S/C19H20N2O3.ClH/c22-19(15-12-20-11-14(15)13-5-2-1-3-6-13)21-16-7-4-8-17-18(16)24-10-9-23-17;/h1-8,14-15,20H,9-12H2,(H,21,22);1H/t14-,15+;/m1./s1. The molecule has 2 atom stereocenters. The Labute approximate surface area is 153 Å². The van der Waals surface area contributed by atoms with Gasteiger partial charge in [-0.3, -0.25) is 4.79 Å². The SMILES string of the molecule is Cl.O=C(Nc1cccc2c1OCCO2)[C@H]1CNC[C@@H]1c1ccccc1. The van der Waals surface area contributed by atoms with Gasteiger partial charge in [0.2, 0.25) is 5.91 Å². The Morgan fingerprint density at radius 2 is 1.80 bits per heavy atom. The minimum atomic E-state index is -0.104. The summed E-state index contributed by atoms with van der Waals surface area (Å²) in [7, 11) is 0. The highest BCUT2D eigenvalue weighted by molar-refractivity contribution is 5.95. The van der Waals surface area contributed by atoms with Crippen molar-refractivity contribution in [3.63, 3.8) is 0 Å². The Hall–Kier alpha value is -2.24. The van der Waals surface area contributed by atoms with Gasteiger partial charge in [-0.15, -0.1) is 12.4 Å². The lowest BCUT2D eigenvalue weighted by atomic mass is 9.88. The quantitative estimate of drug-likeness (QED) is 0.883. The zero-order chi connectivity index (χ0) is 16.4. The Bertz CT molecular complexity index is 739. The summed E-state index contributed by atoms with van der Waals surface area (Å²) in [4.78, 5) is 12.8. The van der Waals surface area contributed by atoms with Crippen molar-refractivity contribution in [1.29, 1.82) is 0 Å². The maximum Gasteiger partial charge on any atom is 0.229 e. The topological polar surface area (TPSA) is 59.6 Å². The number of hydrogen-bond donors (Lipinski definition) is 2. The number of carbonyl (C=O) groups is 1. The molecule has 6 heteroatoms. The molecule has 1 amide bonds. The van der Waals surface area contributed by atoms with Crippen molar-refractivity contribution in [2.75, 3.05) is 31.6 Å². The molecule has 2 aromatic rings. The van der Waals surface area contributed by atoms with Crippen molar-refractivity contribution < 1.29 is 14.3 Å². The van der Waals surface area contributed by atoms with Crippen molar-refractivity contribution in [1.82, 2.24) is 5.32 Å². The van der Waals surface area contributed by atoms with Crippen LogP contribution in [0.2, 0.25) is 0 Å². The number of fused-ring (bicyclic) bond motifs is 1. The number of carbonyl (C=O) groups excluding carboxylic acids is 1. The second kappa shape index (κ2) is 7.76. The number of anilines is 1. The molecule has 5 nitrogen and oxygen atoms in total. The first-order chi connectivity index (χ1) is 11.8. The first-order valence-corrected chi connectivity index (χ1v) is 8.28. The van der Waals surface area contributed by atoms with Gasteiger partial charge in [-0.25, -0.2) is 0 Å². The number of para-hydroxylation sites is 1. The molecule has 0 aliphatic carbocycles. The highest BCUT2D eigenvalue weighted by atomic mass is 35.5. The smallest absolute Gasteiger partial charge is 0.229 e. The van der Waals surface area contributed by atoms with Gasteiger partial charge >= 0.3 is 0 Å². The summed E-state index contributed by atoms with van der Waals surface area (Å²) in [5.74, 6) is 1.40. The molecule has 2 aromatic carbocycles. The van der Waals surface area contributed by atoms with Gasteiger partial charge in [-0.2, -0.15) is 0 Å². The van der Waals surface area contributed by atoms with Crippen LogP contribution in [0.1, 0.15) is 11.5 Å². The van der Waals surface area contributed by atoms with E-state index in [-0.39, 0.29) is 30.2 Å². The summed E-state index contributed by atoms with van der Waals surface area (Å²) in [5, 5.41) is 6.36. The summed E-state index contributed by atoms with van der Waals surface area (Å²) in [6, 6.07) is 15.8. The Morgan fingerprint density at radius 1 is 1.00 bits per heavy atom. The molecule has 0 unspecified atom stereocenters. The van der Waals surface area contributed by atoms with Crippen LogP contribution >= 0.6 is 12.4 Å².